The highest BCUT2D eigenvalue weighted by atomic mass is 16.5. The summed E-state index contributed by atoms with van der Waals surface area (Å²) >= 11 is 0. The molecule has 0 spiro atoms. The molecule has 5 nitrogen and oxygen atoms in total. The Balaban J connectivity index is 1.96. The maximum Gasteiger partial charge on any atom is 0.226 e. The van der Waals surface area contributed by atoms with E-state index in [0.29, 0.717) is 17.8 Å². The number of hydrogen-bond donors (Lipinski definition) is 2. The minimum absolute atomic E-state index is 0.122. The van der Waals surface area contributed by atoms with Crippen LogP contribution in [0.3, 0.4) is 0 Å². The van der Waals surface area contributed by atoms with Gasteiger partial charge in [0.1, 0.15) is 5.69 Å². The van der Waals surface area contributed by atoms with E-state index in [2.05, 4.69) is 10.5 Å². The summed E-state index contributed by atoms with van der Waals surface area (Å²) in [4.78, 5) is 12.1. The van der Waals surface area contributed by atoms with E-state index < -0.39 is 6.10 Å². The van der Waals surface area contributed by atoms with Crippen LogP contribution >= 0.6 is 0 Å². The third-order valence-electron chi connectivity index (χ3n) is 3.95. The number of rotatable bonds is 6. The summed E-state index contributed by atoms with van der Waals surface area (Å²) in [6.45, 7) is 8.25. The van der Waals surface area contributed by atoms with Gasteiger partial charge >= 0.3 is 0 Å². The Kier molecular flexibility index (Phi) is 4.86. The number of nitrogens with one attached hydrogen (secondary N) is 1. The Morgan fingerprint density at radius 3 is 2.73 bits per heavy atom. The van der Waals surface area contributed by atoms with Crippen LogP contribution in [0.2, 0.25) is 0 Å². The maximum absolute atomic E-state index is 12.1. The van der Waals surface area contributed by atoms with Gasteiger partial charge in [0.15, 0.2) is 5.58 Å². The third kappa shape index (κ3) is 3.65. The number of aliphatic hydroxyl groups is 1. The lowest BCUT2D eigenvalue weighted by atomic mass is 9.80. The number of amides is 1. The largest absolute Gasteiger partial charge is 0.392 e. The number of nitrogens with zero attached hydrogens (tertiary/aromatic N) is 1. The van der Waals surface area contributed by atoms with E-state index in [1.807, 2.05) is 52.0 Å². The van der Waals surface area contributed by atoms with Crippen molar-refractivity contribution in [3.05, 3.63) is 30.0 Å². The number of carbonyl (C=O) groups excluding carboxylic acids is 1. The number of fused-ring (bicyclic) bond motifs is 1. The van der Waals surface area contributed by atoms with Crippen LogP contribution in [0.1, 0.15) is 33.4 Å². The molecule has 0 saturated carbocycles. The van der Waals surface area contributed by atoms with Crippen LogP contribution < -0.4 is 5.32 Å². The lowest BCUT2D eigenvalue weighted by Crippen LogP contribution is -2.44. The molecule has 1 atom stereocenters. The molecule has 0 saturated heterocycles. The molecule has 22 heavy (non-hydrogen) atoms. The van der Waals surface area contributed by atoms with E-state index in [0.717, 1.165) is 5.39 Å². The van der Waals surface area contributed by atoms with Crippen molar-refractivity contribution in [1.29, 1.82) is 0 Å². The smallest absolute Gasteiger partial charge is 0.226 e. The summed E-state index contributed by atoms with van der Waals surface area (Å²) in [5.74, 6) is 0.0227. The summed E-state index contributed by atoms with van der Waals surface area (Å²) < 4.78 is 5.20. The molecule has 1 aromatic heterocycles. The highest BCUT2D eigenvalue weighted by Gasteiger charge is 2.30. The molecule has 0 bridgehead atoms. The van der Waals surface area contributed by atoms with E-state index >= 15 is 0 Å². The van der Waals surface area contributed by atoms with Gasteiger partial charge < -0.3 is 14.9 Å². The van der Waals surface area contributed by atoms with Gasteiger partial charge in [-0.05, 0) is 18.1 Å². The predicted octanol–water partition coefficient (Wildman–Crippen LogP) is 2.53. The average molecular weight is 304 g/mol. The SMILES string of the molecule is CC(C)C(O)C(C)(C)CNC(=O)Cc1noc2ccccc12. The third-order valence-corrected chi connectivity index (χ3v) is 3.95. The molecule has 0 radical (unpaired) electrons. The topological polar surface area (TPSA) is 75.4 Å². The Labute approximate surface area is 130 Å². The molecular weight excluding hydrogens is 280 g/mol. The summed E-state index contributed by atoms with van der Waals surface area (Å²) in [5, 5.41) is 17.9. The van der Waals surface area contributed by atoms with Crippen LogP contribution in [0.4, 0.5) is 0 Å². The van der Waals surface area contributed by atoms with Gasteiger partial charge in [0.2, 0.25) is 5.91 Å². The number of benzene rings is 1. The Morgan fingerprint density at radius 1 is 1.36 bits per heavy atom. The molecule has 5 heteroatoms. The van der Waals surface area contributed by atoms with Crippen LogP contribution in [0.15, 0.2) is 28.8 Å². The molecule has 1 aromatic carbocycles. The Bertz CT molecular complexity index is 646. The van der Waals surface area contributed by atoms with Crippen LogP contribution in [-0.4, -0.2) is 28.8 Å². The Morgan fingerprint density at radius 2 is 2.05 bits per heavy atom. The molecule has 1 heterocycles. The van der Waals surface area contributed by atoms with Gasteiger partial charge in [0.05, 0.1) is 12.5 Å². The minimum Gasteiger partial charge on any atom is -0.392 e. The molecule has 1 amide bonds. The van der Waals surface area contributed by atoms with Crippen LogP contribution in [0, 0.1) is 11.3 Å². The number of para-hydroxylation sites is 1. The van der Waals surface area contributed by atoms with Crippen molar-refractivity contribution in [2.45, 2.75) is 40.2 Å². The fourth-order valence-electron chi connectivity index (χ4n) is 2.61. The second-order valence-corrected chi connectivity index (χ2v) is 6.76. The van der Waals surface area contributed by atoms with E-state index in [1.165, 1.54) is 0 Å². The van der Waals surface area contributed by atoms with Gasteiger partial charge in [-0.3, -0.25) is 4.79 Å². The minimum atomic E-state index is -0.472. The summed E-state index contributed by atoms with van der Waals surface area (Å²) in [7, 11) is 0. The molecule has 120 valence electrons. The average Bonchev–Trinajstić information content (AvgIpc) is 2.88. The van der Waals surface area contributed by atoms with Gasteiger partial charge in [-0.2, -0.15) is 0 Å². The van der Waals surface area contributed by atoms with Gasteiger partial charge in [0.25, 0.3) is 0 Å². The molecule has 2 N–H and O–H groups in total. The molecular formula is C17H24N2O3. The Hall–Kier alpha value is -1.88. The first-order valence-electron chi connectivity index (χ1n) is 7.59. The van der Waals surface area contributed by atoms with Gasteiger partial charge in [-0.25, -0.2) is 0 Å². The molecule has 0 aliphatic rings. The number of hydrogen-bond acceptors (Lipinski definition) is 4. The van der Waals surface area contributed by atoms with Crippen molar-refractivity contribution in [3.63, 3.8) is 0 Å². The van der Waals surface area contributed by atoms with Crippen molar-refractivity contribution >= 4 is 16.9 Å². The predicted molar refractivity (Wildman–Crippen MR) is 85.3 cm³/mol. The van der Waals surface area contributed by atoms with E-state index in [-0.39, 0.29) is 23.7 Å². The van der Waals surface area contributed by atoms with E-state index in [1.54, 1.807) is 0 Å². The van der Waals surface area contributed by atoms with E-state index in [9.17, 15) is 9.90 Å². The van der Waals surface area contributed by atoms with Gasteiger partial charge in [0, 0.05) is 17.3 Å². The molecule has 0 aliphatic carbocycles. The molecule has 0 fully saturated rings. The summed E-state index contributed by atoms with van der Waals surface area (Å²) in [5.41, 5.74) is 0.937. The van der Waals surface area contributed by atoms with Crippen molar-refractivity contribution in [1.82, 2.24) is 10.5 Å². The number of aromatic nitrogens is 1. The molecule has 2 aromatic rings. The van der Waals surface area contributed by atoms with Crippen molar-refractivity contribution < 1.29 is 14.4 Å². The highest BCUT2D eigenvalue weighted by molar-refractivity contribution is 5.86. The molecule has 1 unspecified atom stereocenters. The fraction of sp³-hybridized carbons (Fsp3) is 0.529. The van der Waals surface area contributed by atoms with Crippen molar-refractivity contribution in [2.24, 2.45) is 11.3 Å². The van der Waals surface area contributed by atoms with Crippen molar-refractivity contribution in [3.8, 4) is 0 Å². The maximum atomic E-state index is 12.1. The number of carbonyl (C=O) groups is 1. The lowest BCUT2D eigenvalue weighted by Gasteiger charge is -2.33. The van der Waals surface area contributed by atoms with Crippen molar-refractivity contribution in [2.75, 3.05) is 6.54 Å². The first-order chi connectivity index (χ1) is 10.3. The zero-order chi connectivity index (χ0) is 16.3. The highest BCUT2D eigenvalue weighted by Crippen LogP contribution is 2.25. The van der Waals surface area contributed by atoms with Crippen LogP contribution in [0.25, 0.3) is 11.0 Å². The second-order valence-electron chi connectivity index (χ2n) is 6.76. The normalized spacial score (nSPS) is 13.5. The summed E-state index contributed by atoms with van der Waals surface area (Å²) in [6.07, 6.45) is -0.300. The molecule has 0 aliphatic heterocycles. The standard InChI is InChI=1S/C17H24N2O3/c1-11(2)16(21)17(3,4)10-18-15(20)9-13-12-7-5-6-8-14(12)22-19-13/h5-8,11,16,21H,9-10H2,1-4H3,(H,18,20). The molecule has 2 rings (SSSR count). The fourth-order valence-corrected chi connectivity index (χ4v) is 2.61. The number of aliphatic hydroxyl groups excluding tert-OH is 1. The van der Waals surface area contributed by atoms with Crippen LogP contribution in [0.5, 0.6) is 0 Å². The van der Waals surface area contributed by atoms with Crippen LogP contribution in [-0.2, 0) is 11.2 Å². The van der Waals surface area contributed by atoms with Gasteiger partial charge in [-0.15, -0.1) is 0 Å². The quantitative estimate of drug-likeness (QED) is 0.860. The second kappa shape index (κ2) is 6.48. The zero-order valence-electron chi connectivity index (χ0n) is 13.6. The zero-order valence-corrected chi connectivity index (χ0v) is 13.6. The summed E-state index contributed by atoms with van der Waals surface area (Å²) in [6, 6.07) is 7.48. The van der Waals surface area contributed by atoms with Gasteiger partial charge in [-0.1, -0.05) is 45.0 Å². The first-order valence-corrected chi connectivity index (χ1v) is 7.59. The monoisotopic (exact) mass is 304 g/mol. The first kappa shape index (κ1) is 16.5. The van der Waals surface area contributed by atoms with E-state index in [4.69, 9.17) is 4.52 Å². The lowest BCUT2D eigenvalue weighted by molar-refractivity contribution is -0.121.